The average molecular weight is 325 g/mol. The lowest BCUT2D eigenvalue weighted by Gasteiger charge is -2.12. The van der Waals surface area contributed by atoms with Crippen LogP contribution in [0.1, 0.15) is 104 Å². The monoisotopic (exact) mass is 324 g/mol. The van der Waals surface area contributed by atoms with E-state index in [1.807, 2.05) is 0 Å². The van der Waals surface area contributed by atoms with Gasteiger partial charge < -0.3 is 4.74 Å². The molecule has 0 aromatic carbocycles. The third-order valence-electron chi connectivity index (χ3n) is 4.78. The van der Waals surface area contributed by atoms with Crippen molar-refractivity contribution in [1.29, 1.82) is 0 Å². The normalized spacial score (nSPS) is 12.1. The van der Waals surface area contributed by atoms with Crippen LogP contribution < -0.4 is 0 Å². The lowest BCUT2D eigenvalue weighted by molar-refractivity contribution is -0.136. The van der Waals surface area contributed by atoms with Crippen LogP contribution in [-0.4, -0.2) is 13.1 Å². The van der Waals surface area contributed by atoms with Gasteiger partial charge in [-0.3, -0.25) is 0 Å². The molecule has 0 bridgehead atoms. The molecule has 0 saturated carbocycles. The second-order valence-electron chi connectivity index (χ2n) is 6.95. The van der Waals surface area contributed by atoms with E-state index in [1.165, 1.54) is 90.6 Å². The zero-order valence-electron chi connectivity index (χ0n) is 16.0. The van der Waals surface area contributed by atoms with Crippen LogP contribution in [0.15, 0.2) is 12.2 Å². The summed E-state index contributed by atoms with van der Waals surface area (Å²) in [6, 6.07) is 0. The number of esters is 1. The van der Waals surface area contributed by atoms with Crippen LogP contribution in [0.2, 0.25) is 0 Å². The Labute approximate surface area is 145 Å². The molecule has 2 nitrogen and oxygen atoms in total. The molecule has 0 amide bonds. The molecular formula is C21H40O2. The number of rotatable bonds is 16. The van der Waals surface area contributed by atoms with Gasteiger partial charge in [0.25, 0.3) is 0 Å². The number of unbranched alkanes of at least 4 members (excludes halogenated alkanes) is 12. The lowest BCUT2D eigenvalue weighted by Crippen LogP contribution is -2.11. The third-order valence-corrected chi connectivity index (χ3v) is 4.78. The molecule has 1 atom stereocenters. The molecule has 0 aromatic rings. The Bertz CT molecular complexity index is 296. The summed E-state index contributed by atoms with van der Waals surface area (Å²) < 4.78 is 4.71. The first-order chi connectivity index (χ1) is 11.1. The average Bonchev–Trinajstić information content (AvgIpc) is 2.57. The maximum Gasteiger partial charge on any atom is 0.333 e. The summed E-state index contributed by atoms with van der Waals surface area (Å²) in [5, 5.41) is 0. The molecule has 0 aliphatic rings. The highest BCUT2D eigenvalue weighted by molar-refractivity contribution is 5.88. The van der Waals surface area contributed by atoms with Crippen molar-refractivity contribution in [3.05, 3.63) is 12.2 Å². The van der Waals surface area contributed by atoms with Gasteiger partial charge in [0.15, 0.2) is 0 Å². The van der Waals surface area contributed by atoms with E-state index in [2.05, 4.69) is 20.4 Å². The van der Waals surface area contributed by atoms with Gasteiger partial charge in [-0.15, -0.1) is 0 Å². The molecule has 0 N–H and O–H groups in total. The van der Waals surface area contributed by atoms with Crippen molar-refractivity contribution in [2.75, 3.05) is 7.11 Å². The molecule has 0 saturated heterocycles. The highest BCUT2D eigenvalue weighted by atomic mass is 16.5. The van der Waals surface area contributed by atoms with Crippen LogP contribution in [0.5, 0.6) is 0 Å². The maximum absolute atomic E-state index is 11.4. The van der Waals surface area contributed by atoms with Gasteiger partial charge in [-0.25, -0.2) is 4.79 Å². The van der Waals surface area contributed by atoms with Gasteiger partial charge in [0.2, 0.25) is 0 Å². The van der Waals surface area contributed by atoms with E-state index < -0.39 is 0 Å². The molecule has 0 rings (SSSR count). The van der Waals surface area contributed by atoms with E-state index in [0.29, 0.717) is 5.57 Å². The van der Waals surface area contributed by atoms with Gasteiger partial charge in [0, 0.05) is 5.57 Å². The molecule has 0 aliphatic heterocycles. The van der Waals surface area contributed by atoms with Crippen LogP contribution in [0.4, 0.5) is 0 Å². The van der Waals surface area contributed by atoms with Gasteiger partial charge in [0.1, 0.15) is 0 Å². The topological polar surface area (TPSA) is 26.3 Å². The van der Waals surface area contributed by atoms with Crippen molar-refractivity contribution in [3.63, 3.8) is 0 Å². The van der Waals surface area contributed by atoms with Gasteiger partial charge in [0.05, 0.1) is 7.11 Å². The van der Waals surface area contributed by atoms with Crippen molar-refractivity contribution < 1.29 is 9.53 Å². The minimum Gasteiger partial charge on any atom is -0.466 e. The van der Waals surface area contributed by atoms with Crippen molar-refractivity contribution in [3.8, 4) is 0 Å². The summed E-state index contributed by atoms with van der Waals surface area (Å²) in [4.78, 5) is 11.4. The molecule has 0 heterocycles. The fourth-order valence-corrected chi connectivity index (χ4v) is 2.97. The highest BCUT2D eigenvalue weighted by Crippen LogP contribution is 2.19. The molecule has 1 unspecified atom stereocenters. The zero-order chi connectivity index (χ0) is 17.3. The van der Waals surface area contributed by atoms with Crippen LogP contribution >= 0.6 is 0 Å². The van der Waals surface area contributed by atoms with Crippen molar-refractivity contribution >= 4 is 5.97 Å². The molecule has 0 radical (unpaired) electrons. The van der Waals surface area contributed by atoms with Crippen LogP contribution in [0.3, 0.4) is 0 Å². The molecule has 2 heteroatoms. The molecule has 23 heavy (non-hydrogen) atoms. The second-order valence-corrected chi connectivity index (χ2v) is 6.95. The summed E-state index contributed by atoms with van der Waals surface area (Å²) in [7, 11) is 1.42. The molecule has 136 valence electrons. The zero-order valence-corrected chi connectivity index (χ0v) is 16.0. The SMILES string of the molecule is C=C(C(=O)OC)C(C)CCCCCCCCCCCCCCC. The van der Waals surface area contributed by atoms with Crippen LogP contribution in [0.25, 0.3) is 0 Å². The van der Waals surface area contributed by atoms with E-state index in [9.17, 15) is 4.79 Å². The molecular weight excluding hydrogens is 284 g/mol. The minimum atomic E-state index is -0.257. The van der Waals surface area contributed by atoms with Crippen molar-refractivity contribution in [2.24, 2.45) is 5.92 Å². The molecule has 0 aromatic heterocycles. The van der Waals surface area contributed by atoms with E-state index in [-0.39, 0.29) is 11.9 Å². The fraction of sp³-hybridized carbons (Fsp3) is 0.857. The largest absolute Gasteiger partial charge is 0.466 e. The quantitative estimate of drug-likeness (QED) is 0.177. The van der Waals surface area contributed by atoms with E-state index >= 15 is 0 Å². The first-order valence-corrected chi connectivity index (χ1v) is 9.90. The Hall–Kier alpha value is -0.790. The first-order valence-electron chi connectivity index (χ1n) is 9.90. The van der Waals surface area contributed by atoms with Gasteiger partial charge in [-0.2, -0.15) is 0 Å². The first kappa shape index (κ1) is 22.2. The second kappa shape index (κ2) is 16.1. The van der Waals surface area contributed by atoms with Crippen molar-refractivity contribution in [2.45, 2.75) is 104 Å². The maximum atomic E-state index is 11.4. The Morgan fingerprint density at radius 3 is 1.61 bits per heavy atom. The Morgan fingerprint density at radius 2 is 1.22 bits per heavy atom. The number of ether oxygens (including phenoxy) is 1. The minimum absolute atomic E-state index is 0.246. The third kappa shape index (κ3) is 13.4. The summed E-state index contributed by atoms with van der Waals surface area (Å²) in [5.41, 5.74) is 0.617. The van der Waals surface area contributed by atoms with Crippen LogP contribution in [0, 0.1) is 5.92 Å². The Kier molecular flexibility index (Phi) is 15.5. The lowest BCUT2D eigenvalue weighted by atomic mass is 9.95. The number of carbonyl (C=O) groups is 1. The number of methoxy groups -OCH3 is 1. The van der Waals surface area contributed by atoms with Crippen molar-refractivity contribution in [1.82, 2.24) is 0 Å². The van der Waals surface area contributed by atoms with Gasteiger partial charge in [-0.1, -0.05) is 104 Å². The molecule has 0 spiro atoms. The summed E-state index contributed by atoms with van der Waals surface area (Å²) >= 11 is 0. The number of hydrogen-bond acceptors (Lipinski definition) is 2. The van der Waals surface area contributed by atoms with Crippen LogP contribution in [-0.2, 0) is 9.53 Å². The predicted octanol–water partition coefficient (Wildman–Crippen LogP) is 6.83. The molecule has 0 aliphatic carbocycles. The predicted molar refractivity (Wildman–Crippen MR) is 101 cm³/mol. The van der Waals surface area contributed by atoms with E-state index in [1.54, 1.807) is 0 Å². The summed E-state index contributed by atoms with van der Waals surface area (Å²) in [6.45, 7) is 8.17. The Balaban J connectivity index is 3.27. The molecule has 0 fully saturated rings. The van der Waals surface area contributed by atoms with Gasteiger partial charge in [-0.05, 0) is 12.3 Å². The standard InChI is InChI=1S/C21H40O2/c1-5-6-7-8-9-10-11-12-13-14-15-16-17-18-19(2)20(3)21(22)23-4/h19H,3,5-18H2,1-2,4H3. The number of carbonyl (C=O) groups excluding carboxylic acids is 1. The Morgan fingerprint density at radius 1 is 0.826 bits per heavy atom. The van der Waals surface area contributed by atoms with E-state index in [4.69, 9.17) is 4.74 Å². The summed E-state index contributed by atoms with van der Waals surface area (Å²) in [6.07, 6.45) is 18.9. The van der Waals surface area contributed by atoms with Gasteiger partial charge >= 0.3 is 5.97 Å². The smallest absolute Gasteiger partial charge is 0.333 e. The summed E-state index contributed by atoms with van der Waals surface area (Å²) in [5.74, 6) is -0.0117. The highest BCUT2D eigenvalue weighted by Gasteiger charge is 2.14. The van der Waals surface area contributed by atoms with E-state index in [0.717, 1.165) is 6.42 Å². The number of hydrogen-bond donors (Lipinski definition) is 0. The fourth-order valence-electron chi connectivity index (χ4n) is 2.97.